The first-order valence-electron chi connectivity index (χ1n) is 3.92. The normalized spacial score (nSPS) is 15.4. The van der Waals surface area contributed by atoms with Crippen LogP contribution in [0.5, 0.6) is 0 Å². The highest BCUT2D eigenvalue weighted by molar-refractivity contribution is 5.83. The number of carbonyl (C=O) groups excluding carboxylic acids is 2. The molecule has 4 nitrogen and oxygen atoms in total. The second-order valence-electron chi connectivity index (χ2n) is 3.14. The summed E-state index contributed by atoms with van der Waals surface area (Å²) in [5, 5.41) is 2.48. The Kier molecular flexibility index (Phi) is 4.51. The van der Waals surface area contributed by atoms with Crippen LogP contribution in [0, 0.1) is 5.92 Å². The molecule has 0 aliphatic heterocycles. The Balaban J connectivity index is 4.03. The van der Waals surface area contributed by atoms with E-state index in [0.29, 0.717) is 0 Å². The van der Waals surface area contributed by atoms with Crippen molar-refractivity contribution in [3.05, 3.63) is 0 Å². The van der Waals surface area contributed by atoms with Crippen molar-refractivity contribution in [3.63, 3.8) is 0 Å². The van der Waals surface area contributed by atoms with Gasteiger partial charge in [-0.1, -0.05) is 13.8 Å². The summed E-state index contributed by atoms with van der Waals surface area (Å²) in [6.45, 7) is 5.23. The maximum absolute atomic E-state index is 11.0. The van der Waals surface area contributed by atoms with Gasteiger partial charge < -0.3 is 11.1 Å². The summed E-state index contributed by atoms with van der Waals surface area (Å²) in [5.41, 5.74) is 5.30. The van der Waals surface area contributed by atoms with Gasteiger partial charge in [0, 0.05) is 0 Å². The van der Waals surface area contributed by atoms with Gasteiger partial charge in [-0.05, 0) is 12.8 Å². The largest absolute Gasteiger partial charge is 0.344 e. The fourth-order valence-electron chi connectivity index (χ4n) is 0.617. The summed E-state index contributed by atoms with van der Waals surface area (Å²) in [5.74, 6) is -0.276. The Bertz CT molecular complexity index is 166. The minimum atomic E-state index is -0.584. The first-order valence-corrected chi connectivity index (χ1v) is 3.92. The van der Waals surface area contributed by atoms with Gasteiger partial charge in [0.05, 0.1) is 12.1 Å². The monoisotopic (exact) mass is 171 g/mol. The predicted molar refractivity (Wildman–Crippen MR) is 46.1 cm³/mol. The maximum Gasteiger partial charge on any atom is 0.237 e. The lowest BCUT2D eigenvalue weighted by molar-refractivity contribution is -0.122. The van der Waals surface area contributed by atoms with E-state index < -0.39 is 12.1 Å². The molecule has 0 aromatic heterocycles. The zero-order chi connectivity index (χ0) is 9.72. The van der Waals surface area contributed by atoms with Gasteiger partial charge in [-0.15, -0.1) is 0 Å². The predicted octanol–water partition coefficient (Wildman–Crippen LogP) is -0.416. The molecule has 12 heavy (non-hydrogen) atoms. The van der Waals surface area contributed by atoms with Crippen LogP contribution in [0.2, 0.25) is 0 Å². The van der Waals surface area contributed by atoms with Crippen molar-refractivity contribution in [2.24, 2.45) is 11.7 Å². The molecule has 0 aromatic rings. The summed E-state index contributed by atoms with van der Waals surface area (Å²) in [6, 6.07) is -1.14. The zero-order valence-corrected chi connectivity index (χ0v) is 7.63. The molecule has 0 fully saturated rings. The molecule has 0 aromatic carbocycles. The molecule has 2 atom stereocenters. The van der Waals surface area contributed by atoms with Gasteiger partial charge in [0.2, 0.25) is 12.2 Å². The van der Waals surface area contributed by atoms with Crippen molar-refractivity contribution >= 4 is 12.2 Å². The number of nitrogens with one attached hydrogen (secondary N) is 1. The lowest BCUT2D eigenvalue weighted by atomic mass is 10.1. The van der Waals surface area contributed by atoms with Gasteiger partial charge >= 0.3 is 0 Å². The van der Waals surface area contributed by atoms with E-state index in [2.05, 4.69) is 5.32 Å². The van der Waals surface area contributed by atoms with E-state index in [1.165, 1.54) is 0 Å². The van der Waals surface area contributed by atoms with E-state index in [0.717, 1.165) is 0 Å². The van der Waals surface area contributed by atoms with Gasteiger partial charge in [-0.3, -0.25) is 9.59 Å². The molecule has 0 saturated heterocycles. The SMILES string of the molecule is CC(C)[C@@H]([C]=O)NC(=O)[C@H](C)N. The average molecular weight is 171 g/mol. The van der Waals surface area contributed by atoms with Crippen molar-refractivity contribution in [2.45, 2.75) is 32.9 Å². The molecular weight excluding hydrogens is 156 g/mol. The molecule has 1 amide bonds. The van der Waals surface area contributed by atoms with Gasteiger partial charge in [0.15, 0.2) is 0 Å². The fourth-order valence-corrected chi connectivity index (χ4v) is 0.617. The summed E-state index contributed by atoms with van der Waals surface area (Å²) in [4.78, 5) is 21.3. The first-order chi connectivity index (χ1) is 5.49. The Hall–Kier alpha value is -0.900. The summed E-state index contributed by atoms with van der Waals surface area (Å²) >= 11 is 0. The Morgan fingerprint density at radius 3 is 2.17 bits per heavy atom. The van der Waals surface area contributed by atoms with Crippen LogP contribution in [-0.2, 0) is 9.59 Å². The van der Waals surface area contributed by atoms with E-state index in [1.807, 2.05) is 13.8 Å². The first kappa shape index (κ1) is 11.1. The molecule has 0 bridgehead atoms. The van der Waals surface area contributed by atoms with Crippen molar-refractivity contribution in [2.75, 3.05) is 0 Å². The molecule has 1 radical (unpaired) electrons. The zero-order valence-electron chi connectivity index (χ0n) is 7.63. The van der Waals surface area contributed by atoms with E-state index in [-0.39, 0.29) is 11.8 Å². The molecule has 69 valence electrons. The summed E-state index contributed by atoms with van der Waals surface area (Å²) in [6.07, 6.45) is 1.75. The van der Waals surface area contributed by atoms with Crippen LogP contribution in [-0.4, -0.2) is 24.3 Å². The van der Waals surface area contributed by atoms with Crippen LogP contribution in [0.25, 0.3) is 0 Å². The highest BCUT2D eigenvalue weighted by Gasteiger charge is 2.17. The smallest absolute Gasteiger partial charge is 0.237 e. The molecule has 0 heterocycles. The Labute approximate surface area is 72.5 Å². The standard InChI is InChI=1S/C8H15N2O2/c1-5(2)7(4-11)10-8(12)6(3)9/h5-7H,9H2,1-3H3,(H,10,12)/t6-,7+/m0/s1. The minimum absolute atomic E-state index is 0.0465. The van der Waals surface area contributed by atoms with Gasteiger partial charge in [-0.25, -0.2) is 0 Å². The van der Waals surface area contributed by atoms with Gasteiger partial charge in [0.25, 0.3) is 0 Å². The van der Waals surface area contributed by atoms with Crippen molar-refractivity contribution in [3.8, 4) is 0 Å². The number of hydrogen-bond acceptors (Lipinski definition) is 3. The van der Waals surface area contributed by atoms with Crippen LogP contribution >= 0.6 is 0 Å². The summed E-state index contributed by atoms with van der Waals surface area (Å²) in [7, 11) is 0. The second-order valence-corrected chi connectivity index (χ2v) is 3.14. The molecule has 4 heteroatoms. The lowest BCUT2D eigenvalue weighted by Gasteiger charge is -2.16. The number of carbonyl (C=O) groups is 1. The number of rotatable bonds is 4. The van der Waals surface area contributed by atoms with E-state index in [4.69, 9.17) is 5.73 Å². The molecule has 0 saturated carbocycles. The molecule has 0 aliphatic carbocycles. The van der Waals surface area contributed by atoms with Gasteiger partial charge in [-0.2, -0.15) is 0 Å². The summed E-state index contributed by atoms with van der Waals surface area (Å²) < 4.78 is 0. The van der Waals surface area contributed by atoms with E-state index >= 15 is 0 Å². The third-order valence-corrected chi connectivity index (χ3v) is 1.50. The van der Waals surface area contributed by atoms with E-state index in [1.54, 1.807) is 13.2 Å². The van der Waals surface area contributed by atoms with Crippen LogP contribution in [0.3, 0.4) is 0 Å². The third-order valence-electron chi connectivity index (χ3n) is 1.50. The highest BCUT2D eigenvalue weighted by Crippen LogP contribution is 1.98. The Morgan fingerprint density at radius 2 is 1.92 bits per heavy atom. The molecule has 0 aliphatic rings. The lowest BCUT2D eigenvalue weighted by Crippen LogP contribution is -2.46. The highest BCUT2D eigenvalue weighted by atomic mass is 16.2. The van der Waals surface area contributed by atoms with E-state index in [9.17, 15) is 9.59 Å². The number of hydrogen-bond donors (Lipinski definition) is 2. The Morgan fingerprint density at radius 1 is 1.42 bits per heavy atom. The molecule has 0 spiro atoms. The van der Waals surface area contributed by atoms with Gasteiger partial charge in [0.1, 0.15) is 0 Å². The van der Waals surface area contributed by atoms with Crippen molar-refractivity contribution < 1.29 is 9.59 Å². The van der Waals surface area contributed by atoms with Crippen LogP contribution < -0.4 is 11.1 Å². The maximum atomic E-state index is 11.0. The van der Waals surface area contributed by atoms with Crippen LogP contribution in [0.1, 0.15) is 20.8 Å². The molecule has 0 unspecified atom stereocenters. The van der Waals surface area contributed by atoms with Crippen molar-refractivity contribution in [1.82, 2.24) is 5.32 Å². The third kappa shape index (κ3) is 3.48. The van der Waals surface area contributed by atoms with Crippen LogP contribution in [0.4, 0.5) is 0 Å². The topological polar surface area (TPSA) is 72.2 Å². The van der Waals surface area contributed by atoms with Crippen molar-refractivity contribution in [1.29, 1.82) is 0 Å². The molecule has 0 rings (SSSR count). The van der Waals surface area contributed by atoms with Crippen LogP contribution in [0.15, 0.2) is 0 Å². The quantitative estimate of drug-likeness (QED) is 0.603. The average Bonchev–Trinajstić information content (AvgIpc) is 1.98. The second kappa shape index (κ2) is 4.87. The minimum Gasteiger partial charge on any atom is -0.344 e. The fraction of sp³-hybridized carbons (Fsp3) is 0.750. The number of nitrogens with two attached hydrogens (primary N) is 1. The molecular formula is C8H15N2O2. The number of amides is 1. The molecule has 3 N–H and O–H groups in total.